The average molecular weight is 441 g/mol. The number of nitrogens with one attached hydrogen (secondary N) is 2. The smallest absolute Gasteiger partial charge is 0.280 e. The molecule has 0 radical (unpaired) electrons. The number of fused-ring (bicyclic) bond motifs is 4. The van der Waals surface area contributed by atoms with Crippen molar-refractivity contribution in [3.63, 3.8) is 0 Å². The first-order valence-electron chi connectivity index (χ1n) is 11.2. The summed E-state index contributed by atoms with van der Waals surface area (Å²) in [6, 6.07) is 6.44. The van der Waals surface area contributed by atoms with Crippen molar-refractivity contribution >= 4 is 22.6 Å². The summed E-state index contributed by atoms with van der Waals surface area (Å²) in [5, 5.41) is 7.88. The van der Waals surface area contributed by atoms with E-state index >= 15 is 0 Å². The van der Waals surface area contributed by atoms with Gasteiger partial charge in [-0.3, -0.25) is 18.4 Å². The predicted octanol–water partition coefficient (Wildman–Crippen LogP) is 3.57. The zero-order valence-electron chi connectivity index (χ0n) is 18.4. The number of aromatic nitrogens is 7. The first-order chi connectivity index (χ1) is 16.1. The van der Waals surface area contributed by atoms with Gasteiger partial charge < -0.3 is 10.3 Å². The summed E-state index contributed by atoms with van der Waals surface area (Å²) in [5.41, 5.74) is 6.46. The van der Waals surface area contributed by atoms with Crippen LogP contribution in [0.15, 0.2) is 60.1 Å². The van der Waals surface area contributed by atoms with Gasteiger partial charge in [-0.05, 0) is 36.5 Å². The molecule has 0 unspecified atom stereocenters. The molecule has 2 N–H and O–H groups in total. The summed E-state index contributed by atoms with van der Waals surface area (Å²) in [7, 11) is 0. The highest BCUT2D eigenvalue weighted by Crippen LogP contribution is 2.27. The number of aryl methyl sites for hydroxylation is 2. The van der Waals surface area contributed by atoms with E-state index in [1.165, 1.54) is 11.1 Å². The molecule has 0 saturated carbocycles. The summed E-state index contributed by atoms with van der Waals surface area (Å²) in [6.07, 6.45) is 10.0. The van der Waals surface area contributed by atoms with Crippen LogP contribution in [-0.2, 0) is 19.5 Å². The molecule has 0 atom stereocenters. The van der Waals surface area contributed by atoms with Crippen LogP contribution in [-0.4, -0.2) is 33.7 Å². The zero-order valence-corrected chi connectivity index (χ0v) is 18.4. The Labute approximate surface area is 189 Å². The molecule has 5 heterocycles. The molecule has 9 nitrogen and oxygen atoms in total. The van der Waals surface area contributed by atoms with E-state index in [-0.39, 0.29) is 5.56 Å². The molecule has 9 heteroatoms. The molecule has 1 aromatic carbocycles. The lowest BCUT2D eigenvalue weighted by atomic mass is 9.99. The maximum absolute atomic E-state index is 13.1. The van der Waals surface area contributed by atoms with Gasteiger partial charge in [-0.2, -0.15) is 5.10 Å². The third-order valence-electron chi connectivity index (χ3n) is 6.11. The van der Waals surface area contributed by atoms with Crippen molar-refractivity contribution in [3.05, 3.63) is 76.7 Å². The van der Waals surface area contributed by atoms with Crippen molar-refractivity contribution in [1.82, 2.24) is 33.7 Å². The number of imidazole rings is 2. The Balaban J connectivity index is 1.34. The number of rotatable bonds is 5. The van der Waals surface area contributed by atoms with E-state index in [4.69, 9.17) is 4.98 Å². The van der Waals surface area contributed by atoms with Crippen molar-refractivity contribution in [2.45, 2.75) is 39.3 Å². The molecule has 0 aliphatic carbocycles. The minimum atomic E-state index is -0.109. The Morgan fingerprint density at radius 2 is 2.15 bits per heavy atom. The monoisotopic (exact) mass is 440 g/mol. The number of hydrogen-bond acceptors (Lipinski definition) is 5. The highest BCUT2D eigenvalue weighted by atomic mass is 16.1. The number of H-pyrrole nitrogens is 1. The minimum Gasteiger partial charge on any atom is -0.359 e. The second kappa shape index (κ2) is 7.47. The van der Waals surface area contributed by atoms with Gasteiger partial charge in [0, 0.05) is 36.5 Å². The number of hydrogen-bond donors (Lipinski definition) is 2. The number of aromatic amines is 1. The largest absolute Gasteiger partial charge is 0.359 e. The minimum absolute atomic E-state index is 0.109. The Kier molecular flexibility index (Phi) is 4.42. The van der Waals surface area contributed by atoms with Crippen LogP contribution in [0.4, 0.5) is 5.69 Å². The molecule has 0 bridgehead atoms. The van der Waals surface area contributed by atoms with E-state index in [0.29, 0.717) is 35.9 Å². The molecule has 0 fully saturated rings. The highest BCUT2D eigenvalue weighted by Gasteiger charge is 2.17. The standard InChI is InChI=1S/C24H24N8O/c1-3-9-32-23(33)20-22(31-10-8-25-24(31)32)29-21(28-20)18-12-26-30(14-18)13-16-5-7-19-17(11-16)6-4-15(2)27-19/h5,7-8,10-12,14,27H,2-4,6,9,13H2,1H3,(H,28,29). The number of anilines is 1. The van der Waals surface area contributed by atoms with Gasteiger partial charge in [0.05, 0.1) is 18.3 Å². The topological polar surface area (TPSA) is 97.8 Å². The van der Waals surface area contributed by atoms with Gasteiger partial charge in [-0.25, -0.2) is 9.97 Å². The molecule has 6 rings (SSSR count). The van der Waals surface area contributed by atoms with E-state index in [9.17, 15) is 4.79 Å². The lowest BCUT2D eigenvalue weighted by Crippen LogP contribution is -2.23. The molecule has 1 aliphatic rings. The van der Waals surface area contributed by atoms with Gasteiger partial charge in [-0.1, -0.05) is 25.6 Å². The van der Waals surface area contributed by atoms with Crippen LogP contribution < -0.4 is 10.9 Å². The molecule has 0 amide bonds. The fraction of sp³-hybridized carbons (Fsp3) is 0.250. The normalized spacial score (nSPS) is 13.5. The molecule has 0 saturated heterocycles. The number of nitrogens with zero attached hydrogens (tertiary/aromatic N) is 6. The second-order valence-electron chi connectivity index (χ2n) is 8.48. The van der Waals surface area contributed by atoms with Crippen LogP contribution in [0.2, 0.25) is 0 Å². The molecule has 33 heavy (non-hydrogen) atoms. The van der Waals surface area contributed by atoms with E-state index in [1.807, 2.05) is 28.4 Å². The number of benzene rings is 1. The van der Waals surface area contributed by atoms with Crippen LogP contribution in [0.5, 0.6) is 0 Å². The van der Waals surface area contributed by atoms with Crippen LogP contribution in [0.25, 0.3) is 28.3 Å². The summed E-state index contributed by atoms with van der Waals surface area (Å²) >= 11 is 0. The third-order valence-corrected chi connectivity index (χ3v) is 6.11. The van der Waals surface area contributed by atoms with E-state index < -0.39 is 0 Å². The summed E-state index contributed by atoms with van der Waals surface area (Å²) < 4.78 is 5.43. The van der Waals surface area contributed by atoms with Gasteiger partial charge in [0.15, 0.2) is 11.2 Å². The summed E-state index contributed by atoms with van der Waals surface area (Å²) in [5.74, 6) is 1.22. The molecule has 1 aliphatic heterocycles. The van der Waals surface area contributed by atoms with Crippen LogP contribution in [0.1, 0.15) is 30.9 Å². The lowest BCUT2D eigenvalue weighted by Gasteiger charge is -2.20. The quantitative estimate of drug-likeness (QED) is 0.435. The van der Waals surface area contributed by atoms with Gasteiger partial charge in [0.1, 0.15) is 5.82 Å². The fourth-order valence-corrected chi connectivity index (χ4v) is 4.51. The first kappa shape index (κ1) is 19.5. The zero-order chi connectivity index (χ0) is 22.5. The lowest BCUT2D eigenvalue weighted by molar-refractivity contribution is 0.663. The van der Waals surface area contributed by atoms with Crippen LogP contribution >= 0.6 is 0 Å². The molecule has 0 spiro atoms. The molecule has 4 aromatic heterocycles. The van der Waals surface area contributed by atoms with E-state index in [2.05, 4.69) is 45.2 Å². The first-order valence-corrected chi connectivity index (χ1v) is 11.2. The average Bonchev–Trinajstić information content (AvgIpc) is 3.55. The second-order valence-corrected chi connectivity index (χ2v) is 8.48. The van der Waals surface area contributed by atoms with Crippen molar-refractivity contribution in [2.24, 2.45) is 0 Å². The van der Waals surface area contributed by atoms with Crippen LogP contribution in [0.3, 0.4) is 0 Å². The number of allylic oxidation sites excluding steroid dienone is 1. The van der Waals surface area contributed by atoms with Crippen molar-refractivity contribution in [1.29, 1.82) is 0 Å². The third kappa shape index (κ3) is 3.24. The fourth-order valence-electron chi connectivity index (χ4n) is 4.51. The Hall–Kier alpha value is -4.14. The van der Waals surface area contributed by atoms with Crippen molar-refractivity contribution in [2.75, 3.05) is 5.32 Å². The Morgan fingerprint density at radius 1 is 1.24 bits per heavy atom. The molecule has 166 valence electrons. The predicted molar refractivity (Wildman–Crippen MR) is 127 cm³/mol. The van der Waals surface area contributed by atoms with Gasteiger partial charge in [-0.15, -0.1) is 0 Å². The van der Waals surface area contributed by atoms with Crippen molar-refractivity contribution in [3.8, 4) is 11.4 Å². The van der Waals surface area contributed by atoms with Gasteiger partial charge in [0.25, 0.3) is 5.56 Å². The van der Waals surface area contributed by atoms with E-state index in [0.717, 1.165) is 36.2 Å². The van der Waals surface area contributed by atoms with Crippen molar-refractivity contribution < 1.29 is 0 Å². The van der Waals surface area contributed by atoms with Gasteiger partial charge in [0.2, 0.25) is 5.78 Å². The Morgan fingerprint density at radius 3 is 3.03 bits per heavy atom. The summed E-state index contributed by atoms with van der Waals surface area (Å²) in [4.78, 5) is 25.4. The molecule has 5 aromatic rings. The van der Waals surface area contributed by atoms with E-state index in [1.54, 1.807) is 17.0 Å². The maximum atomic E-state index is 13.1. The van der Waals surface area contributed by atoms with Gasteiger partial charge >= 0.3 is 0 Å². The summed E-state index contributed by atoms with van der Waals surface area (Å²) in [6.45, 7) is 7.32. The highest BCUT2D eigenvalue weighted by molar-refractivity contribution is 5.77. The van der Waals surface area contributed by atoms with Crippen LogP contribution in [0, 0.1) is 0 Å². The SMILES string of the molecule is C=C1CCc2cc(Cn3cc(-c4nc5c([nH]4)c(=O)n(CCC)c4nccn54)cn3)ccc2N1. The Bertz CT molecular complexity index is 1580. The maximum Gasteiger partial charge on any atom is 0.280 e. The molecular weight excluding hydrogens is 416 g/mol. The molecular formula is C24H24N8O.